The number of methoxy groups -OCH3 is 1. The smallest absolute Gasteiger partial charge is 0.230 e. The summed E-state index contributed by atoms with van der Waals surface area (Å²) in [4.78, 5) is 13.1. The standard InChI is InChI=1S/C20H25NO3/c1-14-11-16(15(2)24-14)13-21-19(22)20(9-4-5-10-20)17-7-6-8-18(12-17)23-3/h6-8,11-12H,4-5,9-10,13H2,1-3H3,(H,21,22). The van der Waals surface area contributed by atoms with Crippen molar-refractivity contribution in [2.75, 3.05) is 7.11 Å². The van der Waals surface area contributed by atoms with Crippen LogP contribution in [0.2, 0.25) is 0 Å². The van der Waals surface area contributed by atoms with E-state index >= 15 is 0 Å². The van der Waals surface area contributed by atoms with Gasteiger partial charge < -0.3 is 14.5 Å². The molecule has 1 aromatic heterocycles. The third kappa shape index (κ3) is 3.05. The first-order chi connectivity index (χ1) is 11.5. The number of carbonyl (C=O) groups excluding carboxylic acids is 1. The number of benzene rings is 1. The summed E-state index contributed by atoms with van der Waals surface area (Å²) in [6.07, 6.45) is 3.92. The number of ether oxygens (including phenoxy) is 1. The van der Waals surface area contributed by atoms with Crippen LogP contribution in [0.3, 0.4) is 0 Å². The van der Waals surface area contributed by atoms with E-state index in [1.165, 1.54) is 0 Å². The monoisotopic (exact) mass is 327 g/mol. The molecular weight excluding hydrogens is 302 g/mol. The topological polar surface area (TPSA) is 51.5 Å². The number of carbonyl (C=O) groups is 1. The van der Waals surface area contributed by atoms with Gasteiger partial charge in [0.1, 0.15) is 17.3 Å². The summed E-state index contributed by atoms with van der Waals surface area (Å²) in [6.45, 7) is 4.36. The van der Waals surface area contributed by atoms with Crippen molar-refractivity contribution in [3.05, 3.63) is 53.0 Å². The Balaban J connectivity index is 1.81. The van der Waals surface area contributed by atoms with E-state index in [0.717, 1.165) is 54.1 Å². The number of nitrogens with one attached hydrogen (secondary N) is 1. The summed E-state index contributed by atoms with van der Waals surface area (Å²) < 4.78 is 10.9. The van der Waals surface area contributed by atoms with Crippen molar-refractivity contribution in [1.29, 1.82) is 0 Å². The largest absolute Gasteiger partial charge is 0.497 e. The first-order valence-electron chi connectivity index (χ1n) is 8.54. The summed E-state index contributed by atoms with van der Waals surface area (Å²) in [7, 11) is 1.66. The van der Waals surface area contributed by atoms with E-state index in [2.05, 4.69) is 5.32 Å². The van der Waals surface area contributed by atoms with Gasteiger partial charge in [-0.2, -0.15) is 0 Å². The minimum Gasteiger partial charge on any atom is -0.497 e. The average Bonchev–Trinajstić information content (AvgIpc) is 3.20. The second kappa shape index (κ2) is 6.71. The van der Waals surface area contributed by atoms with Gasteiger partial charge in [0.25, 0.3) is 0 Å². The van der Waals surface area contributed by atoms with E-state index in [9.17, 15) is 4.79 Å². The zero-order valence-corrected chi connectivity index (χ0v) is 14.6. The fraction of sp³-hybridized carbons (Fsp3) is 0.450. The van der Waals surface area contributed by atoms with E-state index < -0.39 is 5.41 Å². The molecule has 0 unspecified atom stereocenters. The molecule has 1 aromatic carbocycles. The summed E-state index contributed by atoms with van der Waals surface area (Å²) in [5.74, 6) is 2.65. The van der Waals surface area contributed by atoms with Crippen LogP contribution in [0.25, 0.3) is 0 Å². The second-order valence-electron chi connectivity index (χ2n) is 6.64. The molecule has 0 aliphatic heterocycles. The van der Waals surface area contributed by atoms with Gasteiger partial charge >= 0.3 is 0 Å². The lowest BCUT2D eigenvalue weighted by Crippen LogP contribution is -2.42. The first-order valence-corrected chi connectivity index (χ1v) is 8.54. The maximum Gasteiger partial charge on any atom is 0.230 e. The summed E-state index contributed by atoms with van der Waals surface area (Å²) in [5.41, 5.74) is 1.65. The Bertz CT molecular complexity index is 726. The molecule has 1 aliphatic rings. The van der Waals surface area contributed by atoms with Gasteiger partial charge in [-0.25, -0.2) is 0 Å². The van der Waals surface area contributed by atoms with Gasteiger partial charge in [-0.15, -0.1) is 0 Å². The van der Waals surface area contributed by atoms with Crippen LogP contribution in [0.1, 0.15) is 48.3 Å². The Morgan fingerprint density at radius 1 is 1.25 bits per heavy atom. The Kier molecular flexibility index (Phi) is 4.65. The Morgan fingerprint density at radius 2 is 2.00 bits per heavy atom. The van der Waals surface area contributed by atoms with Crippen molar-refractivity contribution >= 4 is 5.91 Å². The van der Waals surface area contributed by atoms with Crippen LogP contribution in [-0.2, 0) is 16.8 Å². The molecule has 3 rings (SSSR count). The molecule has 1 saturated carbocycles. The molecule has 24 heavy (non-hydrogen) atoms. The number of hydrogen-bond donors (Lipinski definition) is 1. The molecule has 0 bridgehead atoms. The minimum atomic E-state index is -0.443. The molecule has 2 aromatic rings. The normalized spacial score (nSPS) is 16.1. The molecule has 4 nitrogen and oxygen atoms in total. The van der Waals surface area contributed by atoms with E-state index in [-0.39, 0.29) is 5.91 Å². The predicted octanol–water partition coefficient (Wildman–Crippen LogP) is 4.03. The van der Waals surface area contributed by atoms with Crippen LogP contribution in [0, 0.1) is 13.8 Å². The lowest BCUT2D eigenvalue weighted by molar-refractivity contribution is -0.126. The fourth-order valence-corrected chi connectivity index (χ4v) is 3.75. The molecule has 0 saturated heterocycles. The number of amides is 1. The van der Waals surface area contributed by atoms with Crippen LogP contribution in [-0.4, -0.2) is 13.0 Å². The maximum atomic E-state index is 13.1. The number of rotatable bonds is 5. The zero-order chi connectivity index (χ0) is 17.2. The molecule has 0 radical (unpaired) electrons. The molecule has 128 valence electrons. The number of aryl methyl sites for hydroxylation is 2. The van der Waals surface area contributed by atoms with Gasteiger partial charge in [0.2, 0.25) is 5.91 Å². The lowest BCUT2D eigenvalue weighted by Gasteiger charge is -2.28. The van der Waals surface area contributed by atoms with Gasteiger partial charge in [0, 0.05) is 12.1 Å². The molecule has 0 spiro atoms. The van der Waals surface area contributed by atoms with Crippen molar-refractivity contribution in [2.24, 2.45) is 0 Å². The molecule has 4 heteroatoms. The van der Waals surface area contributed by atoms with Gasteiger partial charge in [-0.1, -0.05) is 25.0 Å². The third-order valence-corrected chi connectivity index (χ3v) is 5.10. The number of hydrogen-bond acceptors (Lipinski definition) is 3. The molecular formula is C20H25NO3. The Morgan fingerprint density at radius 3 is 2.62 bits per heavy atom. The van der Waals surface area contributed by atoms with Crippen molar-refractivity contribution in [3.63, 3.8) is 0 Å². The highest BCUT2D eigenvalue weighted by atomic mass is 16.5. The SMILES string of the molecule is COc1cccc(C2(C(=O)NCc3cc(C)oc3C)CCCC2)c1. The van der Waals surface area contributed by atoms with Crippen molar-refractivity contribution in [2.45, 2.75) is 51.5 Å². The second-order valence-corrected chi connectivity index (χ2v) is 6.64. The third-order valence-electron chi connectivity index (χ3n) is 5.10. The van der Waals surface area contributed by atoms with Crippen LogP contribution in [0.15, 0.2) is 34.7 Å². The Hall–Kier alpha value is -2.23. The van der Waals surface area contributed by atoms with Crippen molar-refractivity contribution < 1.29 is 13.9 Å². The summed E-state index contributed by atoms with van der Waals surface area (Å²) in [5, 5.41) is 3.13. The van der Waals surface area contributed by atoms with Crippen LogP contribution in [0.5, 0.6) is 5.75 Å². The molecule has 1 heterocycles. The van der Waals surface area contributed by atoms with Crippen molar-refractivity contribution in [3.8, 4) is 5.75 Å². The first kappa shape index (κ1) is 16.6. The van der Waals surface area contributed by atoms with E-state index in [1.807, 2.05) is 44.2 Å². The van der Waals surface area contributed by atoms with Crippen LogP contribution < -0.4 is 10.1 Å². The van der Waals surface area contributed by atoms with E-state index in [0.29, 0.717) is 6.54 Å². The van der Waals surface area contributed by atoms with Gasteiger partial charge in [-0.05, 0) is 50.5 Å². The van der Waals surface area contributed by atoms with Crippen LogP contribution >= 0.6 is 0 Å². The lowest BCUT2D eigenvalue weighted by atomic mass is 9.78. The zero-order valence-electron chi connectivity index (χ0n) is 14.6. The molecule has 0 atom stereocenters. The van der Waals surface area contributed by atoms with Gasteiger partial charge in [-0.3, -0.25) is 4.79 Å². The molecule has 1 aliphatic carbocycles. The highest BCUT2D eigenvalue weighted by Crippen LogP contribution is 2.42. The molecule has 1 amide bonds. The number of furan rings is 1. The van der Waals surface area contributed by atoms with Crippen LogP contribution in [0.4, 0.5) is 0 Å². The van der Waals surface area contributed by atoms with Gasteiger partial charge in [0.05, 0.1) is 12.5 Å². The van der Waals surface area contributed by atoms with Crippen molar-refractivity contribution in [1.82, 2.24) is 5.32 Å². The van der Waals surface area contributed by atoms with E-state index in [4.69, 9.17) is 9.15 Å². The van der Waals surface area contributed by atoms with E-state index in [1.54, 1.807) is 7.11 Å². The summed E-state index contributed by atoms with van der Waals surface area (Å²) >= 11 is 0. The Labute approximate surface area is 143 Å². The molecule has 1 N–H and O–H groups in total. The maximum absolute atomic E-state index is 13.1. The molecule has 1 fully saturated rings. The summed E-state index contributed by atoms with van der Waals surface area (Å²) in [6, 6.07) is 9.91. The van der Waals surface area contributed by atoms with Gasteiger partial charge in [0.15, 0.2) is 0 Å². The average molecular weight is 327 g/mol. The minimum absolute atomic E-state index is 0.103. The predicted molar refractivity (Wildman–Crippen MR) is 93.2 cm³/mol. The highest BCUT2D eigenvalue weighted by Gasteiger charge is 2.42. The fourth-order valence-electron chi connectivity index (χ4n) is 3.75. The highest BCUT2D eigenvalue weighted by molar-refractivity contribution is 5.88. The quantitative estimate of drug-likeness (QED) is 0.902.